The lowest BCUT2D eigenvalue weighted by molar-refractivity contribution is -0.123. The molecule has 0 aromatic carbocycles. The Morgan fingerprint density at radius 2 is 2.00 bits per heavy atom. The Balaban J connectivity index is 1.88. The highest BCUT2D eigenvalue weighted by molar-refractivity contribution is 7.91. The van der Waals surface area contributed by atoms with Crippen LogP contribution >= 0.6 is 11.3 Å². The van der Waals surface area contributed by atoms with E-state index in [0.29, 0.717) is 6.54 Å². The number of carbonyl (C=O) groups excluding carboxylic acids is 1. The van der Waals surface area contributed by atoms with Gasteiger partial charge in [0, 0.05) is 13.1 Å². The summed E-state index contributed by atoms with van der Waals surface area (Å²) in [6.45, 7) is 7.19. The second-order valence-corrected chi connectivity index (χ2v) is 9.36. The number of hydrogen-bond donors (Lipinski definition) is 2. The minimum absolute atomic E-state index is 0.130. The Hall–Kier alpha value is -0.960. The van der Waals surface area contributed by atoms with Gasteiger partial charge in [0.1, 0.15) is 10.3 Å². The lowest BCUT2D eigenvalue weighted by Crippen LogP contribution is -2.50. The molecule has 1 unspecified atom stereocenters. The van der Waals surface area contributed by atoms with Crippen LogP contribution in [0.25, 0.3) is 0 Å². The first-order valence-corrected chi connectivity index (χ1v) is 10.8. The summed E-state index contributed by atoms with van der Waals surface area (Å²) in [7, 11) is -3.65. The molecule has 1 atom stereocenters. The van der Waals surface area contributed by atoms with Crippen molar-refractivity contribution in [2.24, 2.45) is 5.92 Å². The molecule has 0 aliphatic carbocycles. The molecule has 1 saturated heterocycles. The molecule has 1 fully saturated rings. The summed E-state index contributed by atoms with van der Waals surface area (Å²) in [5.41, 5.74) is 0. The van der Waals surface area contributed by atoms with Gasteiger partial charge in [0.15, 0.2) is 0 Å². The van der Waals surface area contributed by atoms with Crippen molar-refractivity contribution in [3.05, 3.63) is 17.5 Å². The second kappa shape index (κ2) is 8.94. The van der Waals surface area contributed by atoms with Gasteiger partial charge in [-0.25, -0.2) is 8.42 Å². The average molecular weight is 374 g/mol. The average Bonchev–Trinajstić information content (AvgIpc) is 3.09. The molecule has 0 saturated carbocycles. The van der Waals surface area contributed by atoms with Crippen molar-refractivity contribution in [2.45, 2.75) is 43.4 Å². The standard InChI is InChI=1S/C16H27N3O3S2/c1-13(2)15(18-24(21,22)14-7-6-12-23-14)16(20)17-8-11-19-9-4-3-5-10-19/h6-7,12-13,15,18H,3-5,8-11H2,1-2H3,(H,17,20). The molecule has 1 aromatic heterocycles. The Labute approximate surface area is 148 Å². The SMILES string of the molecule is CC(C)C(NS(=O)(=O)c1cccs1)C(=O)NCCN1CCCCC1. The summed E-state index contributed by atoms with van der Waals surface area (Å²) in [6, 6.07) is 2.46. The predicted molar refractivity (Wildman–Crippen MR) is 96.6 cm³/mol. The summed E-state index contributed by atoms with van der Waals surface area (Å²) in [5.74, 6) is -0.392. The van der Waals surface area contributed by atoms with Gasteiger partial charge in [0.05, 0.1) is 0 Å². The van der Waals surface area contributed by atoms with E-state index in [-0.39, 0.29) is 16.0 Å². The zero-order valence-corrected chi connectivity index (χ0v) is 16.0. The number of piperidine rings is 1. The fraction of sp³-hybridized carbons (Fsp3) is 0.688. The van der Waals surface area contributed by atoms with E-state index in [0.717, 1.165) is 31.0 Å². The highest BCUT2D eigenvalue weighted by Crippen LogP contribution is 2.17. The van der Waals surface area contributed by atoms with Crippen molar-refractivity contribution >= 4 is 27.3 Å². The monoisotopic (exact) mass is 373 g/mol. The van der Waals surface area contributed by atoms with Gasteiger partial charge in [0.25, 0.3) is 10.0 Å². The Morgan fingerprint density at radius 3 is 2.58 bits per heavy atom. The van der Waals surface area contributed by atoms with E-state index in [4.69, 9.17) is 0 Å². The molecule has 2 heterocycles. The molecule has 0 spiro atoms. The number of nitrogens with zero attached hydrogens (tertiary/aromatic N) is 1. The van der Waals surface area contributed by atoms with Gasteiger partial charge in [-0.05, 0) is 43.3 Å². The van der Waals surface area contributed by atoms with Gasteiger partial charge in [-0.3, -0.25) is 4.79 Å². The number of rotatable bonds is 8. The Bertz CT molecular complexity index is 609. The van der Waals surface area contributed by atoms with Crippen LogP contribution in [0, 0.1) is 5.92 Å². The zero-order chi connectivity index (χ0) is 17.6. The molecule has 136 valence electrons. The molecular formula is C16H27N3O3S2. The number of likely N-dealkylation sites (tertiary alicyclic amines) is 1. The number of nitrogens with one attached hydrogen (secondary N) is 2. The third kappa shape index (κ3) is 5.54. The minimum Gasteiger partial charge on any atom is -0.353 e. The molecule has 8 heteroatoms. The number of amides is 1. The summed E-state index contributed by atoms with van der Waals surface area (Å²) in [5, 5.41) is 4.58. The Kier molecular flexibility index (Phi) is 7.21. The first-order chi connectivity index (χ1) is 11.4. The minimum atomic E-state index is -3.65. The van der Waals surface area contributed by atoms with Crippen molar-refractivity contribution in [3.8, 4) is 0 Å². The smallest absolute Gasteiger partial charge is 0.250 e. The first-order valence-electron chi connectivity index (χ1n) is 8.46. The lowest BCUT2D eigenvalue weighted by atomic mass is 10.1. The zero-order valence-electron chi connectivity index (χ0n) is 14.3. The molecule has 6 nitrogen and oxygen atoms in total. The van der Waals surface area contributed by atoms with Crippen molar-refractivity contribution in [3.63, 3.8) is 0 Å². The molecule has 24 heavy (non-hydrogen) atoms. The van der Waals surface area contributed by atoms with Crippen molar-refractivity contribution in [1.82, 2.24) is 14.9 Å². The van der Waals surface area contributed by atoms with Gasteiger partial charge < -0.3 is 10.2 Å². The summed E-state index contributed by atoms with van der Waals surface area (Å²) in [6.07, 6.45) is 3.70. The van der Waals surface area contributed by atoms with E-state index in [1.165, 1.54) is 19.3 Å². The summed E-state index contributed by atoms with van der Waals surface area (Å²) in [4.78, 5) is 14.8. The van der Waals surface area contributed by atoms with Crippen molar-refractivity contribution in [2.75, 3.05) is 26.2 Å². The number of carbonyl (C=O) groups is 1. The van der Waals surface area contributed by atoms with Crippen LogP contribution in [0.4, 0.5) is 0 Å². The van der Waals surface area contributed by atoms with Crippen LogP contribution < -0.4 is 10.0 Å². The summed E-state index contributed by atoms with van der Waals surface area (Å²) >= 11 is 1.14. The molecule has 1 aromatic rings. The fourth-order valence-corrected chi connectivity index (χ4v) is 5.12. The third-order valence-corrected chi connectivity index (χ3v) is 7.01. The number of thiophene rings is 1. The van der Waals surface area contributed by atoms with Crippen LogP contribution in [0.1, 0.15) is 33.1 Å². The maximum Gasteiger partial charge on any atom is 0.250 e. The van der Waals surface area contributed by atoms with Crippen LogP contribution in [0.2, 0.25) is 0 Å². The van der Waals surface area contributed by atoms with E-state index < -0.39 is 16.1 Å². The van der Waals surface area contributed by atoms with Crippen LogP contribution in [-0.4, -0.2) is 51.4 Å². The van der Waals surface area contributed by atoms with Gasteiger partial charge in [0.2, 0.25) is 5.91 Å². The van der Waals surface area contributed by atoms with Crippen molar-refractivity contribution < 1.29 is 13.2 Å². The first kappa shape index (κ1) is 19.4. The molecular weight excluding hydrogens is 346 g/mol. The third-order valence-electron chi connectivity index (χ3n) is 4.17. The topological polar surface area (TPSA) is 78.5 Å². The van der Waals surface area contributed by atoms with E-state index in [9.17, 15) is 13.2 Å². The van der Waals surface area contributed by atoms with Gasteiger partial charge in [-0.2, -0.15) is 4.72 Å². The lowest BCUT2D eigenvalue weighted by Gasteiger charge is -2.27. The highest BCUT2D eigenvalue weighted by Gasteiger charge is 2.28. The van der Waals surface area contributed by atoms with E-state index in [1.54, 1.807) is 17.5 Å². The van der Waals surface area contributed by atoms with Crippen LogP contribution in [-0.2, 0) is 14.8 Å². The highest BCUT2D eigenvalue weighted by atomic mass is 32.2. The quantitative estimate of drug-likeness (QED) is 0.726. The normalized spacial score (nSPS) is 17.8. The molecule has 1 aliphatic heterocycles. The largest absolute Gasteiger partial charge is 0.353 e. The molecule has 0 radical (unpaired) electrons. The maximum absolute atomic E-state index is 12.4. The molecule has 1 amide bonds. The van der Waals surface area contributed by atoms with Gasteiger partial charge in [-0.1, -0.05) is 26.3 Å². The number of sulfonamides is 1. The molecule has 1 aliphatic rings. The van der Waals surface area contributed by atoms with E-state index in [2.05, 4.69) is 14.9 Å². The Morgan fingerprint density at radius 1 is 1.29 bits per heavy atom. The number of hydrogen-bond acceptors (Lipinski definition) is 5. The van der Waals surface area contributed by atoms with Crippen LogP contribution in [0.5, 0.6) is 0 Å². The summed E-state index contributed by atoms with van der Waals surface area (Å²) < 4.78 is 27.5. The fourth-order valence-electron chi connectivity index (χ4n) is 2.76. The van der Waals surface area contributed by atoms with Crippen LogP contribution in [0.15, 0.2) is 21.7 Å². The van der Waals surface area contributed by atoms with Crippen LogP contribution in [0.3, 0.4) is 0 Å². The predicted octanol–water partition coefficient (Wildman–Crippen LogP) is 1.65. The second-order valence-electron chi connectivity index (χ2n) is 6.47. The van der Waals surface area contributed by atoms with Crippen molar-refractivity contribution in [1.29, 1.82) is 0 Å². The molecule has 2 rings (SSSR count). The van der Waals surface area contributed by atoms with Gasteiger partial charge in [-0.15, -0.1) is 11.3 Å². The molecule has 0 bridgehead atoms. The van der Waals surface area contributed by atoms with Gasteiger partial charge >= 0.3 is 0 Å². The van der Waals surface area contributed by atoms with E-state index >= 15 is 0 Å². The van der Waals surface area contributed by atoms with E-state index in [1.807, 2.05) is 13.8 Å². The molecule has 2 N–H and O–H groups in total. The maximum atomic E-state index is 12.4.